The van der Waals surface area contributed by atoms with Crippen LogP contribution in [0.2, 0.25) is 0 Å². The largest absolute Gasteiger partial charge is 0.396 e. The van der Waals surface area contributed by atoms with Crippen LogP contribution in [0.25, 0.3) is 0 Å². The van der Waals surface area contributed by atoms with E-state index >= 15 is 0 Å². The van der Waals surface area contributed by atoms with Crippen LogP contribution in [0, 0.1) is 5.41 Å². The SMILES string of the molecule is CCNC(=NCc1ccccc1S(=O)(=O)N(C)C)NCC(CC)(CC)CCO. The predicted octanol–water partition coefficient (Wildman–Crippen LogP) is 2.18. The van der Waals surface area contributed by atoms with Gasteiger partial charge in [-0.25, -0.2) is 17.7 Å². The van der Waals surface area contributed by atoms with Crippen molar-refractivity contribution in [3.05, 3.63) is 29.8 Å². The molecule has 0 amide bonds. The first kappa shape index (κ1) is 24.4. The Morgan fingerprint density at radius 1 is 1.14 bits per heavy atom. The van der Waals surface area contributed by atoms with E-state index in [1.54, 1.807) is 18.2 Å². The Kier molecular flexibility index (Phi) is 9.92. The number of hydrogen-bond acceptors (Lipinski definition) is 4. The summed E-state index contributed by atoms with van der Waals surface area (Å²) < 4.78 is 26.3. The van der Waals surface area contributed by atoms with Gasteiger partial charge in [-0.1, -0.05) is 32.0 Å². The second-order valence-corrected chi connectivity index (χ2v) is 9.24. The lowest BCUT2D eigenvalue weighted by Crippen LogP contribution is -2.43. The van der Waals surface area contributed by atoms with Crippen LogP contribution in [0.3, 0.4) is 0 Å². The smallest absolute Gasteiger partial charge is 0.242 e. The number of guanidine groups is 1. The molecule has 0 aliphatic heterocycles. The van der Waals surface area contributed by atoms with E-state index in [0.29, 0.717) is 24.6 Å². The van der Waals surface area contributed by atoms with Crippen molar-refractivity contribution >= 4 is 16.0 Å². The molecule has 1 aromatic rings. The third kappa shape index (κ3) is 6.46. The molecule has 0 saturated carbocycles. The summed E-state index contributed by atoms with van der Waals surface area (Å²) in [4.78, 5) is 4.87. The van der Waals surface area contributed by atoms with Gasteiger partial charge in [0, 0.05) is 33.8 Å². The van der Waals surface area contributed by atoms with Crippen molar-refractivity contribution in [3.63, 3.8) is 0 Å². The van der Waals surface area contributed by atoms with E-state index < -0.39 is 10.0 Å². The zero-order chi connectivity index (χ0) is 21.2. The van der Waals surface area contributed by atoms with Gasteiger partial charge in [0.2, 0.25) is 10.0 Å². The fourth-order valence-electron chi connectivity index (χ4n) is 3.04. The molecular formula is C20H36N4O3S. The van der Waals surface area contributed by atoms with Crippen molar-refractivity contribution in [2.45, 2.75) is 51.5 Å². The average Bonchev–Trinajstić information content (AvgIpc) is 2.69. The molecular weight excluding hydrogens is 376 g/mol. The Balaban J connectivity index is 3.03. The van der Waals surface area contributed by atoms with E-state index in [1.807, 2.05) is 13.0 Å². The molecule has 0 aromatic heterocycles. The van der Waals surface area contributed by atoms with Crippen LogP contribution in [0.15, 0.2) is 34.2 Å². The molecule has 28 heavy (non-hydrogen) atoms. The highest BCUT2D eigenvalue weighted by Gasteiger charge is 2.26. The second kappa shape index (κ2) is 11.4. The molecule has 7 nitrogen and oxygen atoms in total. The monoisotopic (exact) mass is 412 g/mol. The maximum atomic E-state index is 12.6. The van der Waals surface area contributed by atoms with Crippen LogP contribution in [0.5, 0.6) is 0 Å². The van der Waals surface area contributed by atoms with Crippen LogP contribution < -0.4 is 10.6 Å². The first-order valence-corrected chi connectivity index (χ1v) is 11.3. The van der Waals surface area contributed by atoms with Crippen molar-refractivity contribution in [1.82, 2.24) is 14.9 Å². The molecule has 1 aromatic carbocycles. The fraction of sp³-hybridized carbons (Fsp3) is 0.650. The van der Waals surface area contributed by atoms with Gasteiger partial charge in [0.05, 0.1) is 11.4 Å². The normalized spacial score (nSPS) is 13.0. The molecule has 1 rings (SSSR count). The van der Waals surface area contributed by atoms with Crippen molar-refractivity contribution < 1.29 is 13.5 Å². The summed E-state index contributed by atoms with van der Waals surface area (Å²) in [7, 11) is -0.473. The predicted molar refractivity (Wildman–Crippen MR) is 115 cm³/mol. The number of nitrogens with one attached hydrogen (secondary N) is 2. The van der Waals surface area contributed by atoms with E-state index in [2.05, 4.69) is 29.5 Å². The molecule has 0 unspecified atom stereocenters. The molecule has 0 atom stereocenters. The van der Waals surface area contributed by atoms with E-state index in [0.717, 1.165) is 19.3 Å². The van der Waals surface area contributed by atoms with Gasteiger partial charge in [0.25, 0.3) is 0 Å². The number of rotatable bonds is 11. The minimum Gasteiger partial charge on any atom is -0.396 e. The van der Waals surface area contributed by atoms with Gasteiger partial charge >= 0.3 is 0 Å². The molecule has 160 valence electrons. The quantitative estimate of drug-likeness (QED) is 0.383. The molecule has 0 bridgehead atoms. The summed E-state index contributed by atoms with van der Waals surface area (Å²) >= 11 is 0. The van der Waals surface area contributed by atoms with Crippen molar-refractivity contribution in [3.8, 4) is 0 Å². The average molecular weight is 413 g/mol. The molecule has 8 heteroatoms. The Morgan fingerprint density at radius 2 is 1.79 bits per heavy atom. The number of aliphatic hydroxyl groups excluding tert-OH is 1. The lowest BCUT2D eigenvalue weighted by atomic mass is 9.79. The number of aliphatic imine (C=N–C) groups is 1. The van der Waals surface area contributed by atoms with Gasteiger partial charge in [-0.05, 0) is 43.2 Å². The topological polar surface area (TPSA) is 94.0 Å². The van der Waals surface area contributed by atoms with Gasteiger partial charge in [-0.3, -0.25) is 0 Å². The summed E-state index contributed by atoms with van der Waals surface area (Å²) in [6, 6.07) is 6.94. The van der Waals surface area contributed by atoms with Gasteiger partial charge in [0.15, 0.2) is 5.96 Å². The Hall–Kier alpha value is -1.64. The number of hydrogen-bond donors (Lipinski definition) is 3. The van der Waals surface area contributed by atoms with Crippen LogP contribution in [0.4, 0.5) is 0 Å². The molecule has 0 spiro atoms. The lowest BCUT2D eigenvalue weighted by molar-refractivity contribution is 0.169. The Labute approximate surface area is 170 Å². The Morgan fingerprint density at radius 3 is 2.32 bits per heavy atom. The van der Waals surface area contributed by atoms with Crippen molar-refractivity contribution in [1.29, 1.82) is 0 Å². The molecule has 3 N–H and O–H groups in total. The van der Waals surface area contributed by atoms with Crippen molar-refractivity contribution in [2.24, 2.45) is 10.4 Å². The number of nitrogens with zero attached hydrogens (tertiary/aromatic N) is 2. The zero-order valence-electron chi connectivity index (χ0n) is 17.8. The van der Waals surface area contributed by atoms with Crippen LogP contribution >= 0.6 is 0 Å². The van der Waals surface area contributed by atoms with Gasteiger partial charge in [0.1, 0.15) is 0 Å². The third-order valence-corrected chi connectivity index (χ3v) is 7.17. The highest BCUT2D eigenvalue weighted by atomic mass is 32.2. The molecule has 0 aliphatic carbocycles. The summed E-state index contributed by atoms with van der Waals surface area (Å²) in [5, 5.41) is 16.0. The standard InChI is InChI=1S/C20H36N4O3S/c1-6-20(7-2,13-14-25)16-23-19(21-8-3)22-15-17-11-9-10-12-18(17)28(26,27)24(4)5/h9-12,25H,6-8,13-16H2,1-5H3,(H2,21,22,23). The first-order chi connectivity index (χ1) is 13.3. The molecule has 0 radical (unpaired) electrons. The minimum atomic E-state index is -3.52. The lowest BCUT2D eigenvalue weighted by Gasteiger charge is -2.32. The minimum absolute atomic E-state index is 0.0110. The highest BCUT2D eigenvalue weighted by Crippen LogP contribution is 2.29. The number of aliphatic hydroxyl groups is 1. The van der Waals surface area contributed by atoms with Crippen LogP contribution in [-0.2, 0) is 16.6 Å². The summed E-state index contributed by atoms with van der Waals surface area (Å²) in [6.07, 6.45) is 2.65. The molecule has 0 aliphatic rings. The first-order valence-electron chi connectivity index (χ1n) is 9.89. The maximum absolute atomic E-state index is 12.6. The van der Waals surface area contributed by atoms with E-state index in [9.17, 15) is 13.5 Å². The molecule has 0 heterocycles. The van der Waals surface area contributed by atoms with Crippen LogP contribution in [0.1, 0.15) is 45.6 Å². The van der Waals surface area contributed by atoms with Gasteiger partial charge in [-0.2, -0.15) is 0 Å². The number of benzene rings is 1. The van der Waals surface area contributed by atoms with Crippen LogP contribution in [-0.4, -0.2) is 57.6 Å². The van der Waals surface area contributed by atoms with Gasteiger partial charge in [-0.15, -0.1) is 0 Å². The zero-order valence-corrected chi connectivity index (χ0v) is 18.6. The molecule has 0 saturated heterocycles. The van der Waals surface area contributed by atoms with Gasteiger partial charge < -0.3 is 15.7 Å². The van der Waals surface area contributed by atoms with E-state index in [-0.39, 0.29) is 23.5 Å². The van der Waals surface area contributed by atoms with Crippen molar-refractivity contribution in [2.75, 3.05) is 33.8 Å². The summed E-state index contributed by atoms with van der Waals surface area (Å²) in [5.41, 5.74) is 0.665. The van der Waals surface area contributed by atoms with E-state index in [4.69, 9.17) is 0 Å². The highest BCUT2D eigenvalue weighted by molar-refractivity contribution is 7.89. The van der Waals surface area contributed by atoms with E-state index in [1.165, 1.54) is 18.4 Å². The summed E-state index contributed by atoms with van der Waals surface area (Å²) in [5.74, 6) is 0.642. The number of sulfonamides is 1. The molecule has 0 fully saturated rings. The summed E-state index contributed by atoms with van der Waals surface area (Å²) in [6.45, 7) is 8.07. The maximum Gasteiger partial charge on any atom is 0.242 e. The Bertz CT molecular complexity index is 729. The third-order valence-electron chi connectivity index (χ3n) is 5.26. The second-order valence-electron chi connectivity index (χ2n) is 7.12. The fourth-order valence-corrected chi connectivity index (χ4v) is 4.15.